The number of carbonyl (C=O) groups is 1. The molecule has 1 amide bonds. The first-order chi connectivity index (χ1) is 12.8. The van der Waals surface area contributed by atoms with Crippen molar-refractivity contribution in [1.29, 1.82) is 0 Å². The smallest absolute Gasteiger partial charge is 0.348 e. The van der Waals surface area contributed by atoms with Crippen LogP contribution in [0.25, 0.3) is 0 Å². The molecule has 0 atom stereocenters. The van der Waals surface area contributed by atoms with Gasteiger partial charge in [0.2, 0.25) is 5.89 Å². The maximum absolute atomic E-state index is 13.0. The van der Waals surface area contributed by atoms with Crippen LogP contribution < -0.4 is 5.32 Å². The van der Waals surface area contributed by atoms with Gasteiger partial charge in [0.1, 0.15) is 5.69 Å². The second kappa shape index (κ2) is 6.65. The summed E-state index contributed by atoms with van der Waals surface area (Å²) in [4.78, 5) is 16.8. The average Bonchev–Trinajstić information content (AvgIpc) is 3.19. The van der Waals surface area contributed by atoms with E-state index in [0.29, 0.717) is 24.6 Å². The fourth-order valence-electron chi connectivity index (χ4n) is 3.52. The Bertz CT molecular complexity index is 832. The molecule has 0 aliphatic heterocycles. The first-order valence-electron chi connectivity index (χ1n) is 9.09. The van der Waals surface area contributed by atoms with Crippen LogP contribution in [0.4, 0.5) is 13.2 Å². The van der Waals surface area contributed by atoms with Crippen LogP contribution in [-0.2, 0) is 6.18 Å². The van der Waals surface area contributed by atoms with Crippen molar-refractivity contribution >= 4 is 5.91 Å². The van der Waals surface area contributed by atoms with Gasteiger partial charge >= 0.3 is 6.18 Å². The first-order valence-corrected chi connectivity index (χ1v) is 9.09. The molecule has 2 aliphatic carbocycles. The number of alkyl halides is 3. The Morgan fingerprint density at radius 2 is 1.93 bits per heavy atom. The number of nitrogens with one attached hydrogen (secondary N) is 1. The molecule has 1 N–H and O–H groups in total. The largest absolute Gasteiger partial charge is 0.435 e. The first kappa shape index (κ1) is 18.0. The molecule has 0 saturated heterocycles. The molecule has 2 heterocycles. The summed E-state index contributed by atoms with van der Waals surface area (Å²) in [5.74, 6) is 0.864. The highest BCUT2D eigenvalue weighted by molar-refractivity contribution is 5.93. The van der Waals surface area contributed by atoms with Gasteiger partial charge in [-0.15, -0.1) is 0 Å². The Balaban J connectivity index is 1.40. The summed E-state index contributed by atoms with van der Waals surface area (Å²) in [5.41, 5.74) is -1.03. The second-order valence-electron chi connectivity index (χ2n) is 7.29. The zero-order chi connectivity index (χ0) is 19.2. The van der Waals surface area contributed by atoms with Gasteiger partial charge in [-0.2, -0.15) is 23.3 Å². The number of aryl methyl sites for hydroxylation is 1. The van der Waals surface area contributed by atoms with Gasteiger partial charge in [-0.1, -0.05) is 5.16 Å². The monoisotopic (exact) mass is 383 g/mol. The van der Waals surface area contributed by atoms with Gasteiger partial charge < -0.3 is 9.84 Å². The molecule has 10 heteroatoms. The van der Waals surface area contributed by atoms with Gasteiger partial charge in [-0.05, 0) is 45.4 Å². The lowest BCUT2D eigenvalue weighted by atomic mass is 9.86. The minimum Gasteiger partial charge on any atom is -0.348 e. The van der Waals surface area contributed by atoms with Gasteiger partial charge in [0.25, 0.3) is 5.91 Å². The molecule has 0 unspecified atom stereocenters. The second-order valence-corrected chi connectivity index (χ2v) is 7.29. The van der Waals surface area contributed by atoms with Crippen molar-refractivity contribution in [3.05, 3.63) is 29.2 Å². The van der Waals surface area contributed by atoms with E-state index in [9.17, 15) is 18.0 Å². The van der Waals surface area contributed by atoms with Gasteiger partial charge in [0.05, 0.1) is 6.04 Å². The van der Waals surface area contributed by atoms with E-state index in [0.717, 1.165) is 31.7 Å². The molecule has 0 bridgehead atoms. The number of hydrogen-bond donors (Lipinski definition) is 1. The standard InChI is InChI=1S/C17H20F3N5O2/c1-9-21-16(27-24-9)10-2-4-11(5-3-10)22-15(26)13-8-14(17(18,19)20)23-25(13)12-6-7-12/h8,10-12H,2-7H2,1H3,(H,22,26). The minimum atomic E-state index is -4.56. The van der Waals surface area contributed by atoms with Crippen molar-refractivity contribution < 1.29 is 22.5 Å². The van der Waals surface area contributed by atoms with Gasteiger partial charge in [0.15, 0.2) is 11.5 Å². The molecular formula is C17H20F3N5O2. The third-order valence-corrected chi connectivity index (χ3v) is 5.11. The van der Waals surface area contributed by atoms with Crippen molar-refractivity contribution in [1.82, 2.24) is 25.2 Å². The summed E-state index contributed by atoms with van der Waals surface area (Å²) in [6.07, 6.45) is -0.0923. The number of rotatable bonds is 4. The molecule has 146 valence electrons. The summed E-state index contributed by atoms with van der Waals surface area (Å²) >= 11 is 0. The predicted octanol–water partition coefficient (Wildman–Crippen LogP) is 3.38. The van der Waals surface area contributed by atoms with Gasteiger partial charge in [-0.25, -0.2) is 0 Å². The Morgan fingerprint density at radius 3 is 2.48 bits per heavy atom. The Labute approximate surface area is 153 Å². The number of hydrogen-bond acceptors (Lipinski definition) is 5. The van der Waals surface area contributed by atoms with Crippen LogP contribution in [0.15, 0.2) is 10.6 Å². The van der Waals surface area contributed by atoms with E-state index in [1.807, 2.05) is 0 Å². The van der Waals surface area contributed by atoms with Crippen molar-refractivity contribution in [2.75, 3.05) is 0 Å². The van der Waals surface area contributed by atoms with E-state index in [-0.39, 0.29) is 23.7 Å². The quantitative estimate of drug-likeness (QED) is 0.875. The maximum atomic E-state index is 13.0. The van der Waals surface area contributed by atoms with E-state index in [1.165, 1.54) is 4.68 Å². The summed E-state index contributed by atoms with van der Waals surface area (Å²) in [7, 11) is 0. The lowest BCUT2D eigenvalue weighted by Crippen LogP contribution is -2.38. The van der Waals surface area contributed by atoms with Gasteiger partial charge in [0, 0.05) is 18.0 Å². The molecule has 0 radical (unpaired) electrons. The third-order valence-electron chi connectivity index (χ3n) is 5.11. The molecule has 2 aromatic heterocycles. The highest BCUT2D eigenvalue weighted by Gasteiger charge is 2.39. The molecule has 2 fully saturated rings. The number of amides is 1. The molecule has 2 saturated carbocycles. The zero-order valence-electron chi connectivity index (χ0n) is 14.8. The van der Waals surface area contributed by atoms with E-state index >= 15 is 0 Å². The van der Waals surface area contributed by atoms with Crippen LogP contribution in [0.1, 0.15) is 78.4 Å². The van der Waals surface area contributed by atoms with E-state index in [1.54, 1.807) is 6.92 Å². The summed E-state index contributed by atoms with van der Waals surface area (Å²) in [6.45, 7) is 1.76. The molecule has 4 rings (SSSR count). The Kier molecular flexibility index (Phi) is 4.43. The highest BCUT2D eigenvalue weighted by Crippen LogP contribution is 2.38. The fourth-order valence-corrected chi connectivity index (χ4v) is 3.52. The van der Waals surface area contributed by atoms with Crippen molar-refractivity contribution in [3.8, 4) is 0 Å². The maximum Gasteiger partial charge on any atom is 0.435 e. The number of halogens is 3. The van der Waals surface area contributed by atoms with Crippen LogP contribution in [-0.4, -0.2) is 31.9 Å². The Hall–Kier alpha value is -2.39. The van der Waals surface area contributed by atoms with Crippen molar-refractivity contribution in [3.63, 3.8) is 0 Å². The molecule has 0 aromatic carbocycles. The molecule has 2 aliphatic rings. The van der Waals surface area contributed by atoms with E-state index in [2.05, 4.69) is 20.6 Å². The van der Waals surface area contributed by atoms with E-state index < -0.39 is 17.8 Å². The average molecular weight is 383 g/mol. The zero-order valence-corrected chi connectivity index (χ0v) is 14.8. The van der Waals surface area contributed by atoms with Crippen molar-refractivity contribution in [2.24, 2.45) is 0 Å². The number of carbonyl (C=O) groups excluding carboxylic acids is 1. The lowest BCUT2D eigenvalue weighted by molar-refractivity contribution is -0.141. The van der Waals surface area contributed by atoms with E-state index in [4.69, 9.17) is 4.52 Å². The van der Waals surface area contributed by atoms with Crippen LogP contribution in [0, 0.1) is 6.92 Å². The SMILES string of the molecule is Cc1noc(C2CCC(NC(=O)c3cc(C(F)(F)F)nn3C3CC3)CC2)n1. The minimum absolute atomic E-state index is 0.0144. The van der Waals surface area contributed by atoms with Crippen LogP contribution in [0.2, 0.25) is 0 Å². The molecule has 2 aromatic rings. The topological polar surface area (TPSA) is 85.8 Å². The number of aromatic nitrogens is 4. The third kappa shape index (κ3) is 3.84. The molecule has 7 nitrogen and oxygen atoms in total. The molecule has 0 spiro atoms. The van der Waals surface area contributed by atoms with Crippen LogP contribution in [0.5, 0.6) is 0 Å². The predicted molar refractivity (Wildman–Crippen MR) is 87.0 cm³/mol. The van der Waals surface area contributed by atoms with Crippen LogP contribution in [0.3, 0.4) is 0 Å². The molecule has 27 heavy (non-hydrogen) atoms. The summed E-state index contributed by atoms with van der Waals surface area (Å²) in [6, 6.07) is 0.647. The lowest BCUT2D eigenvalue weighted by Gasteiger charge is -2.27. The summed E-state index contributed by atoms with van der Waals surface area (Å²) < 4.78 is 45.3. The fraction of sp³-hybridized carbons (Fsp3) is 0.647. The Morgan fingerprint density at radius 1 is 1.22 bits per heavy atom. The van der Waals surface area contributed by atoms with Crippen LogP contribution >= 0.6 is 0 Å². The molecular weight excluding hydrogens is 363 g/mol. The normalized spacial score (nSPS) is 23.4. The van der Waals surface area contributed by atoms with Crippen molar-refractivity contribution in [2.45, 2.75) is 69.6 Å². The van der Waals surface area contributed by atoms with Gasteiger partial charge in [-0.3, -0.25) is 9.48 Å². The summed E-state index contributed by atoms with van der Waals surface area (Å²) in [5, 5.41) is 10.3. The highest BCUT2D eigenvalue weighted by atomic mass is 19.4. The number of nitrogens with zero attached hydrogens (tertiary/aromatic N) is 4.